The summed E-state index contributed by atoms with van der Waals surface area (Å²) in [7, 11) is 0. The predicted octanol–water partition coefficient (Wildman–Crippen LogP) is 2.08. The molecule has 2 aromatic heterocycles. The van der Waals surface area contributed by atoms with Crippen molar-refractivity contribution in [2.45, 2.75) is 38.6 Å². The third-order valence-corrected chi connectivity index (χ3v) is 5.10. The highest BCUT2D eigenvalue weighted by molar-refractivity contribution is 5.78. The summed E-state index contributed by atoms with van der Waals surface area (Å²) in [5, 5.41) is 6.02. The number of aryl methyl sites for hydroxylation is 1. The minimum absolute atomic E-state index is 0.0930. The predicted molar refractivity (Wildman–Crippen MR) is 105 cm³/mol. The lowest BCUT2D eigenvalue weighted by molar-refractivity contribution is -0.120. The number of nitrogens with one attached hydrogen (secondary N) is 2. The molecule has 0 aliphatic carbocycles. The number of aromatic amines is 1. The highest BCUT2D eigenvalue weighted by Gasteiger charge is 2.19. The summed E-state index contributed by atoms with van der Waals surface area (Å²) in [6.07, 6.45) is 2.17. The second-order valence-corrected chi connectivity index (χ2v) is 7.32. The number of fused-ring (bicyclic) bond motifs is 1. The van der Waals surface area contributed by atoms with Crippen LogP contribution in [0.25, 0.3) is 5.65 Å². The number of benzene rings is 1. The van der Waals surface area contributed by atoms with E-state index in [0.29, 0.717) is 23.7 Å². The zero-order chi connectivity index (χ0) is 19.5. The van der Waals surface area contributed by atoms with Gasteiger partial charge in [-0.2, -0.15) is 0 Å². The molecule has 7 heteroatoms. The summed E-state index contributed by atoms with van der Waals surface area (Å²) >= 11 is 0. The van der Waals surface area contributed by atoms with Crippen LogP contribution in [0.2, 0.25) is 0 Å². The van der Waals surface area contributed by atoms with Crippen molar-refractivity contribution in [2.75, 3.05) is 13.2 Å². The molecule has 1 fully saturated rings. The fourth-order valence-electron chi connectivity index (χ4n) is 3.63. The van der Waals surface area contributed by atoms with E-state index in [1.165, 1.54) is 10.6 Å². The standard InChI is InChI=1S/C21H24N4O3/c1-14-3-2-4-15(9-14)10-20(26)22-13-17-11-21(27)25-19(23-17)12-18(24-25)16-5-7-28-8-6-16/h2-4,9,11-12,16,24H,5-8,10,13H2,1H3,(H,22,26). The van der Waals surface area contributed by atoms with E-state index in [1.54, 1.807) is 0 Å². The van der Waals surface area contributed by atoms with E-state index in [-0.39, 0.29) is 18.0 Å². The lowest BCUT2D eigenvalue weighted by atomic mass is 9.97. The van der Waals surface area contributed by atoms with Gasteiger partial charge in [0, 0.05) is 37.0 Å². The van der Waals surface area contributed by atoms with Gasteiger partial charge in [-0.15, -0.1) is 0 Å². The first-order valence-electron chi connectivity index (χ1n) is 9.60. The van der Waals surface area contributed by atoms with Gasteiger partial charge in [0.1, 0.15) is 0 Å². The Morgan fingerprint density at radius 1 is 1.29 bits per heavy atom. The molecule has 4 rings (SSSR count). The monoisotopic (exact) mass is 380 g/mol. The van der Waals surface area contributed by atoms with Crippen LogP contribution in [-0.4, -0.2) is 33.7 Å². The van der Waals surface area contributed by atoms with Crippen LogP contribution >= 0.6 is 0 Å². The van der Waals surface area contributed by atoms with Crippen molar-refractivity contribution in [1.82, 2.24) is 19.9 Å². The maximum Gasteiger partial charge on any atom is 0.272 e. The van der Waals surface area contributed by atoms with Crippen LogP contribution in [0.5, 0.6) is 0 Å². The van der Waals surface area contributed by atoms with Gasteiger partial charge in [-0.3, -0.25) is 14.7 Å². The maximum absolute atomic E-state index is 12.4. The molecule has 146 valence electrons. The molecule has 0 unspecified atom stereocenters. The zero-order valence-electron chi connectivity index (χ0n) is 15.9. The van der Waals surface area contributed by atoms with Crippen LogP contribution in [0.4, 0.5) is 0 Å². The average Bonchev–Trinajstić information content (AvgIpc) is 3.12. The largest absolute Gasteiger partial charge is 0.381 e. The molecule has 0 bridgehead atoms. The Hall–Kier alpha value is -2.93. The minimum Gasteiger partial charge on any atom is -0.381 e. The zero-order valence-corrected chi connectivity index (χ0v) is 15.9. The van der Waals surface area contributed by atoms with Crippen molar-refractivity contribution in [1.29, 1.82) is 0 Å². The highest BCUT2D eigenvalue weighted by atomic mass is 16.5. The van der Waals surface area contributed by atoms with Gasteiger partial charge in [0.05, 0.1) is 18.7 Å². The van der Waals surface area contributed by atoms with Crippen LogP contribution in [0.3, 0.4) is 0 Å². The third-order valence-electron chi connectivity index (χ3n) is 5.10. The quantitative estimate of drug-likeness (QED) is 0.709. The number of hydrogen-bond donors (Lipinski definition) is 2. The van der Waals surface area contributed by atoms with Crippen molar-refractivity contribution in [3.05, 3.63) is 69.3 Å². The molecule has 7 nitrogen and oxygen atoms in total. The molecular formula is C21H24N4O3. The summed E-state index contributed by atoms with van der Waals surface area (Å²) in [6.45, 7) is 3.70. The maximum atomic E-state index is 12.4. The Balaban J connectivity index is 1.45. The van der Waals surface area contributed by atoms with Crippen LogP contribution in [0.15, 0.2) is 41.2 Å². The lowest BCUT2D eigenvalue weighted by Gasteiger charge is -2.20. The van der Waals surface area contributed by atoms with Crippen LogP contribution in [-0.2, 0) is 22.5 Å². The number of amides is 1. The van der Waals surface area contributed by atoms with Crippen molar-refractivity contribution >= 4 is 11.6 Å². The molecule has 28 heavy (non-hydrogen) atoms. The topological polar surface area (TPSA) is 88.5 Å². The Labute approximate surface area is 162 Å². The molecule has 0 saturated carbocycles. The first-order chi connectivity index (χ1) is 13.6. The van der Waals surface area contributed by atoms with Gasteiger partial charge < -0.3 is 10.1 Å². The molecular weight excluding hydrogens is 356 g/mol. The molecule has 3 aromatic rings. The van der Waals surface area contributed by atoms with Crippen molar-refractivity contribution < 1.29 is 9.53 Å². The molecule has 0 atom stereocenters. The van der Waals surface area contributed by atoms with E-state index in [1.807, 2.05) is 37.3 Å². The molecule has 0 spiro atoms. The SMILES string of the molecule is Cc1cccc(CC(=O)NCc2cc(=O)n3[nH]c(C4CCOCC4)cc3n2)c1. The number of H-pyrrole nitrogens is 1. The number of aromatic nitrogens is 3. The molecule has 1 aliphatic rings. The van der Waals surface area contributed by atoms with Crippen LogP contribution in [0.1, 0.15) is 41.3 Å². The van der Waals surface area contributed by atoms with Gasteiger partial charge in [0.2, 0.25) is 5.91 Å². The number of ether oxygens (including phenoxy) is 1. The van der Waals surface area contributed by atoms with E-state index in [0.717, 1.165) is 42.9 Å². The molecule has 1 amide bonds. The molecule has 1 aliphatic heterocycles. The highest BCUT2D eigenvalue weighted by Crippen LogP contribution is 2.25. The van der Waals surface area contributed by atoms with Gasteiger partial charge in [0.15, 0.2) is 5.65 Å². The summed E-state index contributed by atoms with van der Waals surface area (Å²) in [5.74, 6) is 0.261. The van der Waals surface area contributed by atoms with Gasteiger partial charge >= 0.3 is 0 Å². The van der Waals surface area contributed by atoms with Gasteiger partial charge in [-0.25, -0.2) is 9.50 Å². The average molecular weight is 380 g/mol. The normalized spacial score (nSPS) is 15.0. The van der Waals surface area contributed by atoms with Crippen molar-refractivity contribution in [3.63, 3.8) is 0 Å². The van der Waals surface area contributed by atoms with E-state index >= 15 is 0 Å². The molecule has 3 heterocycles. The number of carbonyl (C=O) groups excluding carboxylic acids is 1. The Kier molecular flexibility index (Phi) is 5.25. The molecule has 1 saturated heterocycles. The third kappa shape index (κ3) is 4.14. The smallest absolute Gasteiger partial charge is 0.272 e. The lowest BCUT2D eigenvalue weighted by Crippen LogP contribution is -2.26. The second-order valence-electron chi connectivity index (χ2n) is 7.32. The van der Waals surface area contributed by atoms with Crippen molar-refractivity contribution in [3.8, 4) is 0 Å². The van der Waals surface area contributed by atoms with E-state index in [9.17, 15) is 9.59 Å². The summed E-state index contributed by atoms with van der Waals surface area (Å²) in [4.78, 5) is 29.2. The minimum atomic E-state index is -0.175. The van der Waals surface area contributed by atoms with E-state index in [2.05, 4.69) is 15.4 Å². The number of nitrogens with zero attached hydrogens (tertiary/aromatic N) is 2. The van der Waals surface area contributed by atoms with Crippen LogP contribution < -0.4 is 10.9 Å². The molecule has 1 aromatic carbocycles. The molecule has 2 N–H and O–H groups in total. The first-order valence-corrected chi connectivity index (χ1v) is 9.60. The fourth-order valence-corrected chi connectivity index (χ4v) is 3.63. The fraction of sp³-hybridized carbons (Fsp3) is 0.381. The second kappa shape index (κ2) is 7.98. The summed E-state index contributed by atoms with van der Waals surface area (Å²) < 4.78 is 6.86. The van der Waals surface area contributed by atoms with Gasteiger partial charge in [0.25, 0.3) is 5.56 Å². The Bertz CT molecular complexity index is 1050. The van der Waals surface area contributed by atoms with Crippen LogP contribution in [0, 0.1) is 6.92 Å². The molecule has 0 radical (unpaired) electrons. The number of hydrogen-bond acceptors (Lipinski definition) is 4. The Morgan fingerprint density at radius 2 is 2.11 bits per heavy atom. The number of rotatable bonds is 5. The summed E-state index contributed by atoms with van der Waals surface area (Å²) in [6, 6.07) is 11.3. The first kappa shape index (κ1) is 18.4. The van der Waals surface area contributed by atoms with E-state index < -0.39 is 0 Å². The van der Waals surface area contributed by atoms with Gasteiger partial charge in [-0.05, 0) is 25.3 Å². The Morgan fingerprint density at radius 3 is 2.89 bits per heavy atom. The van der Waals surface area contributed by atoms with Gasteiger partial charge in [-0.1, -0.05) is 29.8 Å². The summed E-state index contributed by atoms with van der Waals surface area (Å²) in [5.41, 5.74) is 4.06. The number of carbonyl (C=O) groups is 1. The van der Waals surface area contributed by atoms with Crippen molar-refractivity contribution in [2.24, 2.45) is 0 Å². The van der Waals surface area contributed by atoms with E-state index in [4.69, 9.17) is 4.74 Å².